The Kier molecular flexibility index (Phi) is 4.72. The molecule has 1 atom stereocenters. The molecule has 0 aliphatic rings. The van der Waals surface area contributed by atoms with Crippen molar-refractivity contribution in [2.24, 2.45) is 0 Å². The minimum Gasteiger partial charge on any atom is -0.398 e. The number of aromatic amines is 1. The van der Waals surface area contributed by atoms with Crippen molar-refractivity contribution >= 4 is 22.3 Å². The van der Waals surface area contributed by atoms with Crippen molar-refractivity contribution in [3.63, 3.8) is 0 Å². The van der Waals surface area contributed by atoms with Gasteiger partial charge in [0.15, 0.2) is 0 Å². The summed E-state index contributed by atoms with van der Waals surface area (Å²) >= 11 is 0. The highest BCUT2D eigenvalue weighted by atomic mass is 16.1. The molecule has 144 valence electrons. The van der Waals surface area contributed by atoms with Gasteiger partial charge in [0.2, 0.25) is 0 Å². The number of pyridine rings is 2. The minimum absolute atomic E-state index is 0.0488. The van der Waals surface area contributed by atoms with Crippen LogP contribution in [0.15, 0.2) is 71.8 Å². The van der Waals surface area contributed by atoms with Crippen LogP contribution in [0.4, 0.5) is 5.69 Å². The first-order valence-corrected chi connectivity index (χ1v) is 9.47. The second-order valence-corrected chi connectivity index (χ2v) is 7.28. The number of nitrogens with zero attached hydrogens (tertiary/aromatic N) is 1. The lowest BCUT2D eigenvalue weighted by Gasteiger charge is -2.14. The van der Waals surface area contributed by atoms with Gasteiger partial charge in [-0.05, 0) is 47.7 Å². The number of hydrogen-bond acceptors (Lipinski definition) is 4. The average molecular weight is 382 g/mol. The molecule has 0 fully saturated rings. The van der Waals surface area contributed by atoms with Crippen molar-refractivity contribution in [2.75, 3.05) is 5.73 Å². The predicted molar refractivity (Wildman–Crippen MR) is 118 cm³/mol. The van der Waals surface area contributed by atoms with Crippen molar-refractivity contribution in [1.82, 2.24) is 9.97 Å². The number of hydrogen-bond donors (Lipinski definition) is 3. The van der Waals surface area contributed by atoms with E-state index in [-0.39, 0.29) is 11.5 Å². The molecular formula is C24H22N4O. The Morgan fingerprint density at radius 1 is 1.10 bits per heavy atom. The van der Waals surface area contributed by atoms with Crippen molar-refractivity contribution < 1.29 is 0 Å². The SMILES string of the molecule is Cc1cnccc1C(=N)c1cc2cc(C(C)c3ccccc3)c(=O)[nH]c2cc1N. The highest BCUT2D eigenvalue weighted by Crippen LogP contribution is 2.27. The molecule has 0 aliphatic heterocycles. The molecule has 0 radical (unpaired) electrons. The summed E-state index contributed by atoms with van der Waals surface area (Å²) < 4.78 is 0. The average Bonchev–Trinajstić information content (AvgIpc) is 2.73. The molecule has 29 heavy (non-hydrogen) atoms. The van der Waals surface area contributed by atoms with Crippen molar-refractivity contribution in [1.29, 1.82) is 5.41 Å². The Morgan fingerprint density at radius 2 is 1.86 bits per heavy atom. The Morgan fingerprint density at radius 3 is 2.59 bits per heavy atom. The number of nitrogens with two attached hydrogens (primary N) is 1. The maximum atomic E-state index is 12.7. The first kappa shape index (κ1) is 18.6. The van der Waals surface area contributed by atoms with Gasteiger partial charge in [-0.3, -0.25) is 15.2 Å². The molecule has 0 saturated heterocycles. The van der Waals surface area contributed by atoms with Crippen molar-refractivity contribution in [2.45, 2.75) is 19.8 Å². The third-order valence-electron chi connectivity index (χ3n) is 5.37. The summed E-state index contributed by atoms with van der Waals surface area (Å²) in [7, 11) is 0. The summed E-state index contributed by atoms with van der Waals surface area (Å²) in [5.74, 6) is -0.0488. The lowest BCUT2D eigenvalue weighted by molar-refractivity contribution is 0.901. The third-order valence-corrected chi connectivity index (χ3v) is 5.37. The highest BCUT2D eigenvalue weighted by Gasteiger charge is 2.16. The summed E-state index contributed by atoms with van der Waals surface area (Å²) in [6, 6.07) is 17.3. The summed E-state index contributed by atoms with van der Waals surface area (Å²) in [6.07, 6.45) is 3.41. The molecule has 0 saturated carbocycles. The molecule has 1 unspecified atom stereocenters. The van der Waals surface area contributed by atoms with E-state index in [0.717, 1.165) is 22.1 Å². The Hall–Kier alpha value is -3.73. The zero-order valence-electron chi connectivity index (χ0n) is 16.4. The van der Waals surface area contributed by atoms with Gasteiger partial charge in [-0.25, -0.2) is 0 Å². The molecule has 5 nitrogen and oxygen atoms in total. The maximum absolute atomic E-state index is 12.7. The first-order valence-electron chi connectivity index (χ1n) is 9.47. The number of aromatic nitrogens is 2. The van der Waals surface area contributed by atoms with Crippen LogP contribution in [0.5, 0.6) is 0 Å². The van der Waals surface area contributed by atoms with Crippen LogP contribution in [0.2, 0.25) is 0 Å². The van der Waals surface area contributed by atoms with E-state index in [1.54, 1.807) is 18.5 Å². The number of nitrogen functional groups attached to an aromatic ring is 1. The third kappa shape index (κ3) is 3.43. The van der Waals surface area contributed by atoms with Crippen molar-refractivity contribution in [3.8, 4) is 0 Å². The summed E-state index contributed by atoms with van der Waals surface area (Å²) in [4.78, 5) is 19.7. The Balaban J connectivity index is 1.84. The standard InChI is InChI=1S/C24H22N4O/c1-14-13-27-9-8-18(14)23(26)20-11-17-10-19(15(2)16-6-4-3-5-7-16)24(29)28-22(17)12-21(20)25/h3-13,15,26H,25H2,1-2H3,(H,28,29). The number of anilines is 1. The molecule has 0 amide bonds. The van der Waals surface area contributed by atoms with Crippen LogP contribution in [-0.4, -0.2) is 15.7 Å². The quantitative estimate of drug-likeness (QED) is 0.361. The fourth-order valence-electron chi connectivity index (χ4n) is 3.65. The van der Waals surface area contributed by atoms with Crippen LogP contribution < -0.4 is 11.3 Å². The molecule has 2 aromatic heterocycles. The smallest absolute Gasteiger partial charge is 0.252 e. The van der Waals surface area contributed by atoms with Crippen molar-refractivity contribution in [3.05, 3.63) is 105 Å². The highest BCUT2D eigenvalue weighted by molar-refractivity contribution is 6.16. The predicted octanol–water partition coefficient (Wildman–Crippen LogP) is 4.38. The van der Waals surface area contributed by atoms with Crippen LogP contribution in [0, 0.1) is 12.3 Å². The van der Waals surface area contributed by atoms with Crippen LogP contribution in [0.25, 0.3) is 10.9 Å². The number of fused-ring (bicyclic) bond motifs is 1. The molecule has 4 N–H and O–H groups in total. The summed E-state index contributed by atoms with van der Waals surface area (Å²) in [6.45, 7) is 3.94. The topological polar surface area (TPSA) is 95.6 Å². The largest absolute Gasteiger partial charge is 0.398 e. The normalized spacial score (nSPS) is 12.1. The fraction of sp³-hybridized carbons (Fsp3) is 0.125. The van der Waals surface area contributed by atoms with Gasteiger partial charge in [0.05, 0.1) is 11.2 Å². The molecule has 0 aliphatic carbocycles. The van der Waals surface area contributed by atoms with E-state index < -0.39 is 0 Å². The molecule has 4 aromatic rings. The monoisotopic (exact) mass is 382 g/mol. The second-order valence-electron chi connectivity index (χ2n) is 7.28. The Bertz CT molecular complexity index is 1280. The number of H-pyrrole nitrogens is 1. The Labute approximate surface area is 168 Å². The lowest BCUT2D eigenvalue weighted by atomic mass is 9.92. The van der Waals surface area contributed by atoms with E-state index in [1.165, 1.54) is 0 Å². The number of rotatable bonds is 4. The number of nitrogens with one attached hydrogen (secondary N) is 2. The first-order chi connectivity index (χ1) is 14.0. The van der Waals surface area contributed by atoms with Gasteiger partial charge in [-0.15, -0.1) is 0 Å². The van der Waals surface area contributed by atoms with Gasteiger partial charge in [-0.1, -0.05) is 37.3 Å². The molecule has 5 heteroatoms. The van der Waals surface area contributed by atoms with Crippen LogP contribution in [0.1, 0.15) is 40.7 Å². The zero-order chi connectivity index (χ0) is 20.5. The molecule has 2 aromatic carbocycles. The van der Waals surface area contributed by atoms with E-state index >= 15 is 0 Å². The van der Waals surface area contributed by atoms with Crippen LogP contribution >= 0.6 is 0 Å². The van der Waals surface area contributed by atoms with Crippen LogP contribution in [0.3, 0.4) is 0 Å². The van der Waals surface area contributed by atoms with Gasteiger partial charge < -0.3 is 10.7 Å². The van der Waals surface area contributed by atoms with Gasteiger partial charge >= 0.3 is 0 Å². The summed E-state index contributed by atoms with van der Waals surface area (Å²) in [5, 5.41) is 9.51. The molecular weight excluding hydrogens is 360 g/mol. The molecule has 4 rings (SSSR count). The van der Waals surface area contributed by atoms with Gasteiger partial charge in [0.25, 0.3) is 5.56 Å². The number of aryl methyl sites for hydroxylation is 1. The summed E-state index contributed by atoms with van der Waals surface area (Å²) in [5.41, 5.74) is 11.7. The van der Waals surface area contributed by atoms with E-state index in [9.17, 15) is 4.79 Å². The zero-order valence-corrected chi connectivity index (χ0v) is 16.4. The lowest BCUT2D eigenvalue weighted by Crippen LogP contribution is -2.16. The molecule has 2 heterocycles. The van der Waals surface area contributed by atoms with Crippen LogP contribution in [-0.2, 0) is 0 Å². The van der Waals surface area contributed by atoms with Gasteiger partial charge in [0, 0.05) is 40.7 Å². The molecule has 0 bridgehead atoms. The fourth-order valence-corrected chi connectivity index (χ4v) is 3.65. The van der Waals surface area contributed by atoms with E-state index in [1.807, 2.05) is 62.4 Å². The number of benzene rings is 2. The van der Waals surface area contributed by atoms with Gasteiger partial charge in [0.1, 0.15) is 0 Å². The van der Waals surface area contributed by atoms with E-state index in [0.29, 0.717) is 28.0 Å². The minimum atomic E-state index is -0.124. The molecule has 0 spiro atoms. The van der Waals surface area contributed by atoms with E-state index in [4.69, 9.17) is 11.1 Å². The van der Waals surface area contributed by atoms with E-state index in [2.05, 4.69) is 9.97 Å². The maximum Gasteiger partial charge on any atom is 0.252 e. The second kappa shape index (κ2) is 7.36. The van der Waals surface area contributed by atoms with Gasteiger partial charge in [-0.2, -0.15) is 0 Å².